The van der Waals surface area contributed by atoms with Gasteiger partial charge in [0.2, 0.25) is 0 Å². The Kier molecular flexibility index (Phi) is 10.5. The van der Waals surface area contributed by atoms with Crippen LogP contribution in [-0.4, -0.2) is 109 Å². The van der Waals surface area contributed by atoms with Gasteiger partial charge in [-0.2, -0.15) is 4.31 Å². The second-order valence-corrected chi connectivity index (χ2v) is 12.9. The van der Waals surface area contributed by atoms with Gasteiger partial charge in [0.25, 0.3) is 5.56 Å². The Bertz CT molecular complexity index is 1170. The van der Waals surface area contributed by atoms with Gasteiger partial charge in [0.1, 0.15) is 30.5 Å². The molecule has 2 saturated heterocycles. The first kappa shape index (κ1) is 31.5. The van der Waals surface area contributed by atoms with Gasteiger partial charge in [0, 0.05) is 12.3 Å². The van der Waals surface area contributed by atoms with Crippen molar-refractivity contribution < 1.29 is 62.4 Å². The van der Waals surface area contributed by atoms with Gasteiger partial charge in [-0.1, -0.05) is 12.2 Å². The minimum atomic E-state index is -5.40. The van der Waals surface area contributed by atoms with E-state index in [9.17, 15) is 44.0 Å². The molecule has 0 bridgehead atoms. The molecule has 1 aromatic heterocycles. The predicted molar refractivity (Wildman–Crippen MR) is 127 cm³/mol. The summed E-state index contributed by atoms with van der Waals surface area (Å²) in [5.74, 6) is 0. The van der Waals surface area contributed by atoms with Crippen molar-refractivity contribution in [3.63, 3.8) is 0 Å². The number of nitrogens with one attached hydrogen (secondary N) is 2. The van der Waals surface area contributed by atoms with E-state index in [4.69, 9.17) is 19.1 Å². The molecule has 0 amide bonds. The van der Waals surface area contributed by atoms with Crippen LogP contribution in [0.1, 0.15) is 12.6 Å². The maximum absolute atomic E-state index is 12.6. The van der Waals surface area contributed by atoms with E-state index in [0.29, 0.717) is 0 Å². The van der Waals surface area contributed by atoms with Crippen LogP contribution in [0.25, 0.3) is 0 Å². The van der Waals surface area contributed by atoms with Crippen molar-refractivity contribution in [3.05, 3.63) is 33.1 Å². The number of thiol groups is 1. The lowest BCUT2D eigenvalue weighted by molar-refractivity contribution is -0.292. The van der Waals surface area contributed by atoms with Crippen molar-refractivity contribution in [2.45, 2.75) is 61.6 Å². The Hall–Kier alpha value is -0.990. The Morgan fingerprint density at radius 1 is 1.24 bits per heavy atom. The molecule has 21 heteroatoms. The minimum Gasteiger partial charge on any atom is -0.394 e. The van der Waals surface area contributed by atoms with E-state index < -0.39 is 94.3 Å². The summed E-state index contributed by atoms with van der Waals surface area (Å²) >= 11 is 3.62. The molecule has 7 unspecified atom stereocenters. The molecule has 2 fully saturated rings. The van der Waals surface area contributed by atoms with Gasteiger partial charge in [0.05, 0.1) is 25.4 Å². The lowest BCUT2D eigenvalue weighted by atomic mass is 9.96. The number of likely N-dealkylation sites (N-methyl/N-ethyl adjacent to an activating group) is 1. The molecule has 0 spiro atoms. The number of ether oxygens (including phenoxy) is 2. The van der Waals surface area contributed by atoms with E-state index in [1.807, 2.05) is 0 Å². The molecular formula is C17H29N3O15P2S. The van der Waals surface area contributed by atoms with Crippen LogP contribution in [0.2, 0.25) is 0 Å². The quantitative estimate of drug-likeness (QED) is 0.0881. The molecule has 0 radical (unpaired) electrons. The highest BCUT2D eigenvalue weighted by atomic mass is 32.7. The van der Waals surface area contributed by atoms with E-state index in [1.165, 1.54) is 6.20 Å². The van der Waals surface area contributed by atoms with Crippen molar-refractivity contribution in [1.82, 2.24) is 14.9 Å². The highest BCUT2D eigenvalue weighted by Gasteiger charge is 2.50. The molecule has 8 N–H and O–H groups in total. The zero-order chi connectivity index (χ0) is 28.4. The second kappa shape index (κ2) is 12.7. The number of nitrogens with zero attached hydrogens (tertiary/aromatic N) is 1. The molecule has 38 heavy (non-hydrogen) atoms. The molecule has 3 rings (SSSR count). The Morgan fingerprint density at radius 2 is 1.92 bits per heavy atom. The lowest BCUT2D eigenvalue weighted by Gasteiger charge is -2.41. The third-order valence-corrected chi connectivity index (χ3v) is 9.33. The Balaban J connectivity index is 1.61. The molecular weight excluding hydrogens is 580 g/mol. The van der Waals surface area contributed by atoms with Gasteiger partial charge in [0.15, 0.2) is 12.5 Å². The van der Waals surface area contributed by atoms with Crippen molar-refractivity contribution in [2.24, 2.45) is 0 Å². The zero-order valence-electron chi connectivity index (χ0n) is 19.6. The SMILES string of the molecule is CN[C@@H]1C[C@@H](COP(=O)(S)OP(=O)(O)OC2OC([C@@H](O)CO)C(O)C(O)C2O)O[C@H]1n1ccc(=O)[nH]c1=O. The number of aliphatic hydroxyl groups excluding tert-OH is 5. The number of hydrogen-bond donors (Lipinski definition) is 9. The molecule has 11 atom stereocenters. The van der Waals surface area contributed by atoms with Gasteiger partial charge in [-0.25, -0.2) is 13.9 Å². The molecule has 0 saturated carbocycles. The third kappa shape index (κ3) is 7.60. The summed E-state index contributed by atoms with van der Waals surface area (Å²) in [5.41, 5.74) is -1.34. The number of H-pyrrole nitrogens is 1. The van der Waals surface area contributed by atoms with Crippen LogP contribution in [0.3, 0.4) is 0 Å². The summed E-state index contributed by atoms with van der Waals surface area (Å²) in [6.07, 6.45) is -12.0. The van der Waals surface area contributed by atoms with E-state index in [0.717, 1.165) is 10.6 Å². The summed E-state index contributed by atoms with van der Waals surface area (Å²) in [6.45, 7) is -6.08. The molecule has 3 heterocycles. The highest BCUT2D eigenvalue weighted by Crippen LogP contribution is 2.66. The van der Waals surface area contributed by atoms with E-state index >= 15 is 0 Å². The van der Waals surface area contributed by atoms with Gasteiger partial charge < -0.3 is 45.2 Å². The topological polar surface area (TPSA) is 269 Å². The highest BCUT2D eigenvalue weighted by molar-refractivity contribution is 8.45. The Morgan fingerprint density at radius 3 is 2.53 bits per heavy atom. The summed E-state index contributed by atoms with van der Waals surface area (Å²) in [7, 11) is -3.81. The van der Waals surface area contributed by atoms with Crippen LogP contribution < -0.4 is 16.6 Å². The van der Waals surface area contributed by atoms with Crippen LogP contribution in [0.15, 0.2) is 21.9 Å². The monoisotopic (exact) mass is 609 g/mol. The van der Waals surface area contributed by atoms with E-state index in [-0.39, 0.29) is 6.42 Å². The van der Waals surface area contributed by atoms with Gasteiger partial charge >= 0.3 is 20.3 Å². The molecule has 2 aliphatic heterocycles. The van der Waals surface area contributed by atoms with Crippen molar-refractivity contribution in [2.75, 3.05) is 20.3 Å². The van der Waals surface area contributed by atoms with E-state index in [1.54, 1.807) is 7.05 Å². The van der Waals surface area contributed by atoms with Crippen LogP contribution in [-0.2, 0) is 32.0 Å². The third-order valence-electron chi connectivity index (χ3n) is 5.73. The number of aromatic amines is 1. The average Bonchev–Trinajstić information content (AvgIpc) is 3.25. The van der Waals surface area contributed by atoms with Crippen molar-refractivity contribution in [3.8, 4) is 0 Å². The lowest BCUT2D eigenvalue weighted by Crippen LogP contribution is -2.61. The average molecular weight is 609 g/mol. The van der Waals surface area contributed by atoms with Gasteiger partial charge in [-0.05, 0) is 13.5 Å². The smallest absolute Gasteiger partial charge is 0.394 e. The number of aliphatic hydroxyl groups is 5. The fourth-order valence-corrected chi connectivity index (χ4v) is 7.07. The predicted octanol–water partition coefficient (Wildman–Crippen LogP) is -3.24. The minimum absolute atomic E-state index is 0.213. The molecule has 18 nitrogen and oxygen atoms in total. The molecule has 218 valence electrons. The first-order valence-corrected chi connectivity index (χ1v) is 15.2. The van der Waals surface area contributed by atoms with Crippen LogP contribution in [0, 0.1) is 0 Å². The number of phosphoric acid groups is 1. The summed E-state index contributed by atoms with van der Waals surface area (Å²) < 4.78 is 51.0. The molecule has 0 aromatic carbocycles. The first-order valence-electron chi connectivity index (χ1n) is 11.0. The van der Waals surface area contributed by atoms with Gasteiger partial charge in [-0.3, -0.25) is 23.4 Å². The van der Waals surface area contributed by atoms with Crippen molar-refractivity contribution in [1.29, 1.82) is 0 Å². The van der Waals surface area contributed by atoms with E-state index in [2.05, 4.69) is 31.4 Å². The molecule has 2 aliphatic rings. The molecule has 1 aromatic rings. The fraction of sp³-hybridized carbons (Fsp3) is 0.765. The molecule has 0 aliphatic carbocycles. The number of phosphoric ester groups is 1. The maximum Gasteiger partial charge on any atom is 0.482 e. The number of rotatable bonds is 11. The zero-order valence-corrected chi connectivity index (χ0v) is 22.3. The van der Waals surface area contributed by atoms with Crippen LogP contribution >= 0.6 is 26.9 Å². The van der Waals surface area contributed by atoms with Gasteiger partial charge in [-0.15, -0.1) is 0 Å². The largest absolute Gasteiger partial charge is 0.482 e. The number of hydrogen-bond acceptors (Lipinski definition) is 15. The normalized spacial score (nSPS) is 35.9. The summed E-state index contributed by atoms with van der Waals surface area (Å²) in [4.78, 5) is 35.5. The summed E-state index contributed by atoms with van der Waals surface area (Å²) in [6, 6.07) is 0.670. The van der Waals surface area contributed by atoms with Crippen LogP contribution in [0.5, 0.6) is 0 Å². The standard InChI is InChI=1S/C17H29N3O15P2S/c1-18-8-4-7(32-15(8)20-3-2-10(23)19-17(20)27)6-31-37(30,38)35-36(28,29)34-16-13(26)11(24)12(25)14(33-16)9(22)5-21/h2-3,7-9,11-16,18,21-22,24-26H,4-6H2,1H3,(H,28,29)(H,30,38)(H,19,23,27)/t7-,8+,9-,11?,12?,13?,14?,15+,16?,37?/m0/s1. The fourth-order valence-electron chi connectivity index (χ4n) is 3.87. The Labute approximate surface area is 219 Å². The first-order chi connectivity index (χ1) is 17.7. The van der Waals surface area contributed by atoms with Crippen LogP contribution in [0.4, 0.5) is 0 Å². The summed E-state index contributed by atoms with van der Waals surface area (Å²) in [5, 5.41) is 51.5. The maximum atomic E-state index is 12.6. The second-order valence-electron chi connectivity index (χ2n) is 8.41. The van der Waals surface area contributed by atoms with Crippen molar-refractivity contribution >= 4 is 26.9 Å². The number of aromatic nitrogens is 2.